The van der Waals surface area contributed by atoms with E-state index in [9.17, 15) is 0 Å². The van der Waals surface area contributed by atoms with Gasteiger partial charge in [0.15, 0.2) is 0 Å². The zero-order chi connectivity index (χ0) is 13.5. The molecule has 0 heterocycles. The van der Waals surface area contributed by atoms with Crippen molar-refractivity contribution >= 4 is 46.4 Å². The molecule has 0 unspecified atom stereocenters. The Morgan fingerprint density at radius 1 is 0.696 bits per heavy atom. The smallest absolute Gasteiger partial charge is 0 e. The van der Waals surface area contributed by atoms with Crippen molar-refractivity contribution in [3.8, 4) is 11.1 Å². The standard InChI is InChI=1S/C20H15.2ClH.Zr/c1-14-12-16-8-5-11-19(20(16)13-14)18-10-4-7-15-6-2-3-9-17(15)18;;;/h2-13H,1H3;2*1H;/q-1;;;. The van der Waals surface area contributed by atoms with Gasteiger partial charge < -0.3 is 0 Å². The molecule has 0 atom stereocenters. The van der Waals surface area contributed by atoms with E-state index in [0.717, 1.165) is 0 Å². The Labute approximate surface area is 168 Å². The summed E-state index contributed by atoms with van der Waals surface area (Å²) in [7, 11) is 0. The second-order valence-electron chi connectivity index (χ2n) is 5.37. The Kier molecular flexibility index (Phi) is 7.14. The van der Waals surface area contributed by atoms with E-state index in [4.69, 9.17) is 0 Å². The summed E-state index contributed by atoms with van der Waals surface area (Å²) in [4.78, 5) is 0. The number of halogens is 2. The van der Waals surface area contributed by atoms with E-state index in [1.54, 1.807) is 0 Å². The third-order valence-corrected chi connectivity index (χ3v) is 3.97. The van der Waals surface area contributed by atoms with Gasteiger partial charge in [0, 0.05) is 26.2 Å². The molecule has 116 valence electrons. The van der Waals surface area contributed by atoms with Gasteiger partial charge in [-0.3, -0.25) is 0 Å². The molecule has 0 aliphatic carbocycles. The number of hydrogen-bond donors (Lipinski definition) is 0. The van der Waals surface area contributed by atoms with E-state index in [1.165, 1.54) is 38.2 Å². The van der Waals surface area contributed by atoms with Crippen LogP contribution >= 0.6 is 24.8 Å². The van der Waals surface area contributed by atoms with E-state index in [1.807, 2.05) is 0 Å². The maximum Gasteiger partial charge on any atom is 0 e. The molecule has 3 heteroatoms. The van der Waals surface area contributed by atoms with E-state index in [2.05, 4.69) is 79.7 Å². The largest absolute Gasteiger partial charge is 0.165 e. The maximum absolute atomic E-state index is 2.28. The second kappa shape index (κ2) is 8.20. The van der Waals surface area contributed by atoms with Crippen LogP contribution in [-0.2, 0) is 26.2 Å². The first kappa shape index (κ1) is 20.0. The quantitative estimate of drug-likeness (QED) is 0.308. The summed E-state index contributed by atoms with van der Waals surface area (Å²) >= 11 is 0. The zero-order valence-electron chi connectivity index (χ0n) is 12.7. The molecule has 0 aromatic heterocycles. The molecule has 0 N–H and O–H groups in total. The first-order chi connectivity index (χ1) is 9.83. The van der Waals surface area contributed by atoms with Crippen LogP contribution < -0.4 is 0 Å². The Morgan fingerprint density at radius 3 is 2.09 bits per heavy atom. The molecule has 0 bridgehead atoms. The van der Waals surface area contributed by atoms with Gasteiger partial charge in [-0.2, -0.15) is 6.07 Å². The van der Waals surface area contributed by atoms with Gasteiger partial charge >= 0.3 is 0 Å². The predicted octanol–water partition coefficient (Wildman–Crippen LogP) is 6.53. The van der Waals surface area contributed by atoms with Gasteiger partial charge in [-0.15, -0.1) is 59.3 Å². The van der Waals surface area contributed by atoms with Gasteiger partial charge in [-0.25, -0.2) is 0 Å². The van der Waals surface area contributed by atoms with Crippen molar-refractivity contribution in [3.63, 3.8) is 0 Å². The van der Waals surface area contributed by atoms with Crippen molar-refractivity contribution < 1.29 is 26.2 Å². The van der Waals surface area contributed by atoms with E-state index < -0.39 is 0 Å². The van der Waals surface area contributed by atoms with Crippen molar-refractivity contribution in [1.29, 1.82) is 0 Å². The normalized spacial score (nSPS) is 9.78. The van der Waals surface area contributed by atoms with Crippen LogP contribution in [0.2, 0.25) is 0 Å². The molecule has 0 aliphatic rings. The van der Waals surface area contributed by atoms with Crippen molar-refractivity contribution in [2.24, 2.45) is 0 Å². The van der Waals surface area contributed by atoms with Crippen molar-refractivity contribution in [2.45, 2.75) is 6.92 Å². The summed E-state index contributed by atoms with van der Waals surface area (Å²) in [6, 6.07) is 26.2. The van der Waals surface area contributed by atoms with Gasteiger partial charge in [0.2, 0.25) is 0 Å². The number of benzene rings is 3. The van der Waals surface area contributed by atoms with Crippen LogP contribution in [0, 0.1) is 6.92 Å². The first-order valence-electron chi connectivity index (χ1n) is 6.97. The van der Waals surface area contributed by atoms with Crippen molar-refractivity contribution in [1.82, 2.24) is 0 Å². The van der Waals surface area contributed by atoms with Crippen molar-refractivity contribution in [3.05, 3.63) is 78.4 Å². The molecule has 4 rings (SSSR count). The SMILES string of the molecule is Cc1cc2c(-c3cccc4ccccc34)cccc2[cH-]1.Cl.Cl.[Zr]. The molecule has 0 radical (unpaired) electrons. The molecule has 0 amide bonds. The fraction of sp³-hybridized carbons (Fsp3) is 0.0500. The number of aryl methyl sites for hydroxylation is 1. The zero-order valence-corrected chi connectivity index (χ0v) is 16.8. The summed E-state index contributed by atoms with van der Waals surface area (Å²) in [6.45, 7) is 2.16. The van der Waals surface area contributed by atoms with Crippen LogP contribution in [0.25, 0.3) is 32.7 Å². The van der Waals surface area contributed by atoms with E-state index >= 15 is 0 Å². The molecule has 4 aromatic rings. The van der Waals surface area contributed by atoms with Crippen LogP contribution in [0.4, 0.5) is 0 Å². The molecule has 4 aromatic carbocycles. The first-order valence-corrected chi connectivity index (χ1v) is 6.97. The molecule has 0 saturated carbocycles. The molecule has 0 aliphatic heterocycles. The Hall–Kier alpha value is -1.01. The molecule has 0 saturated heterocycles. The van der Waals surface area contributed by atoms with Gasteiger partial charge in [0.1, 0.15) is 0 Å². The van der Waals surface area contributed by atoms with Crippen LogP contribution in [0.15, 0.2) is 72.8 Å². The van der Waals surface area contributed by atoms with Crippen molar-refractivity contribution in [2.75, 3.05) is 0 Å². The average Bonchev–Trinajstić information content (AvgIpc) is 2.87. The minimum Gasteiger partial charge on any atom is -0.165 e. The van der Waals surface area contributed by atoms with Gasteiger partial charge in [0.05, 0.1) is 0 Å². The third kappa shape index (κ3) is 3.58. The number of fused-ring (bicyclic) bond motifs is 2. The predicted molar refractivity (Wildman–Crippen MR) is 102 cm³/mol. The Balaban J connectivity index is 0.000000882. The van der Waals surface area contributed by atoms with Crippen LogP contribution in [-0.4, -0.2) is 0 Å². The van der Waals surface area contributed by atoms with Crippen LogP contribution in [0.5, 0.6) is 0 Å². The molecular formula is C20H17Cl2Zr-. The van der Waals surface area contributed by atoms with E-state index in [-0.39, 0.29) is 51.0 Å². The fourth-order valence-electron chi connectivity index (χ4n) is 3.08. The molecule has 0 nitrogen and oxygen atoms in total. The van der Waals surface area contributed by atoms with E-state index in [0.29, 0.717) is 0 Å². The topological polar surface area (TPSA) is 0 Å². The van der Waals surface area contributed by atoms with Gasteiger partial charge in [-0.05, 0) is 16.3 Å². The summed E-state index contributed by atoms with van der Waals surface area (Å²) in [5.41, 5.74) is 3.97. The summed E-state index contributed by atoms with van der Waals surface area (Å²) < 4.78 is 0. The van der Waals surface area contributed by atoms with Crippen LogP contribution in [0.1, 0.15) is 5.56 Å². The summed E-state index contributed by atoms with van der Waals surface area (Å²) in [5.74, 6) is 0. The fourth-order valence-corrected chi connectivity index (χ4v) is 3.08. The monoisotopic (exact) mass is 417 g/mol. The number of rotatable bonds is 1. The van der Waals surface area contributed by atoms with Crippen LogP contribution in [0.3, 0.4) is 0 Å². The minimum atomic E-state index is 0. The second-order valence-corrected chi connectivity index (χ2v) is 5.37. The summed E-state index contributed by atoms with van der Waals surface area (Å²) in [5, 5.41) is 5.29. The van der Waals surface area contributed by atoms with Gasteiger partial charge in [0.25, 0.3) is 0 Å². The minimum absolute atomic E-state index is 0. The average molecular weight is 419 g/mol. The molecule has 0 spiro atoms. The van der Waals surface area contributed by atoms with Gasteiger partial charge in [-0.1, -0.05) is 61.0 Å². The molecule has 23 heavy (non-hydrogen) atoms. The number of hydrogen-bond acceptors (Lipinski definition) is 0. The third-order valence-electron chi connectivity index (χ3n) is 3.97. The Bertz CT molecular complexity index is 920. The molecular weight excluding hydrogens is 402 g/mol. The maximum atomic E-state index is 2.28. The Morgan fingerprint density at radius 2 is 1.30 bits per heavy atom. The summed E-state index contributed by atoms with van der Waals surface area (Å²) in [6.07, 6.45) is 0. The molecule has 0 fully saturated rings.